The minimum Gasteiger partial charge on any atom is -0.491 e. The van der Waals surface area contributed by atoms with E-state index in [4.69, 9.17) is 27.9 Å². The number of hydrogen-bond donors (Lipinski definition) is 1. The van der Waals surface area contributed by atoms with E-state index < -0.39 is 11.9 Å². The fourth-order valence-corrected chi connectivity index (χ4v) is 2.20. The molecule has 0 bridgehead atoms. The first-order valence-electron chi connectivity index (χ1n) is 5.69. The van der Waals surface area contributed by atoms with Crippen LogP contribution in [0.4, 0.5) is 4.39 Å². The molecule has 0 radical (unpaired) electrons. The Bertz CT molecular complexity index is 605. The molecule has 0 fully saturated rings. The summed E-state index contributed by atoms with van der Waals surface area (Å²) in [5.41, 5.74) is 0.0900. The summed E-state index contributed by atoms with van der Waals surface area (Å²) in [6.45, 7) is -0.0868. The van der Waals surface area contributed by atoms with Crippen LogP contribution >= 0.6 is 39.1 Å². The van der Waals surface area contributed by atoms with Crippen molar-refractivity contribution in [2.24, 2.45) is 0 Å². The van der Waals surface area contributed by atoms with Crippen molar-refractivity contribution in [2.75, 3.05) is 6.61 Å². The van der Waals surface area contributed by atoms with Gasteiger partial charge in [-0.1, -0.05) is 29.3 Å². The van der Waals surface area contributed by atoms with Crippen LogP contribution in [0, 0.1) is 5.82 Å². The van der Waals surface area contributed by atoms with Gasteiger partial charge in [0, 0.05) is 15.1 Å². The number of aliphatic hydroxyl groups is 1. The van der Waals surface area contributed by atoms with E-state index in [-0.39, 0.29) is 17.2 Å². The molecule has 2 aromatic carbocycles. The molecule has 0 heterocycles. The van der Waals surface area contributed by atoms with Gasteiger partial charge in [0.05, 0.1) is 5.02 Å². The Hall–Kier alpha value is -0.810. The minimum absolute atomic E-state index is 0.0620. The number of aliphatic hydroxyl groups excluding tert-OH is 1. The molecule has 2 rings (SSSR count). The predicted octanol–water partition coefficient (Wildman–Crippen LogP) is 5.01. The summed E-state index contributed by atoms with van der Waals surface area (Å²) in [5.74, 6) is -0.120. The highest BCUT2D eigenvalue weighted by Gasteiger charge is 2.17. The molecule has 1 unspecified atom stereocenters. The number of halogens is 4. The summed E-state index contributed by atoms with van der Waals surface area (Å²) in [7, 11) is 0. The van der Waals surface area contributed by atoms with Crippen molar-refractivity contribution in [1.29, 1.82) is 0 Å². The van der Waals surface area contributed by atoms with Gasteiger partial charge >= 0.3 is 0 Å². The first-order chi connectivity index (χ1) is 9.49. The van der Waals surface area contributed by atoms with Crippen LogP contribution < -0.4 is 4.74 Å². The van der Waals surface area contributed by atoms with Crippen LogP contribution in [-0.4, -0.2) is 11.7 Å². The Balaban J connectivity index is 2.07. The molecule has 6 heteroatoms. The molecule has 20 heavy (non-hydrogen) atoms. The predicted molar refractivity (Wildman–Crippen MR) is 81.0 cm³/mol. The van der Waals surface area contributed by atoms with Gasteiger partial charge in [0.1, 0.15) is 24.3 Å². The van der Waals surface area contributed by atoms with Gasteiger partial charge in [-0.25, -0.2) is 4.39 Å². The first kappa shape index (κ1) is 15.6. The Morgan fingerprint density at radius 1 is 1.15 bits per heavy atom. The maximum atomic E-state index is 13.9. The fraction of sp³-hybridized carbons (Fsp3) is 0.143. The molecule has 0 spiro atoms. The molecule has 106 valence electrons. The van der Waals surface area contributed by atoms with Crippen molar-refractivity contribution in [2.45, 2.75) is 6.10 Å². The largest absolute Gasteiger partial charge is 0.491 e. The highest BCUT2D eigenvalue weighted by Crippen LogP contribution is 2.30. The van der Waals surface area contributed by atoms with Crippen LogP contribution in [0.1, 0.15) is 11.7 Å². The van der Waals surface area contributed by atoms with Gasteiger partial charge in [0.2, 0.25) is 0 Å². The van der Waals surface area contributed by atoms with Crippen molar-refractivity contribution in [3.05, 3.63) is 62.3 Å². The number of ether oxygens (including phenoxy) is 1. The van der Waals surface area contributed by atoms with Crippen LogP contribution in [0.2, 0.25) is 10.0 Å². The molecular weight excluding hydrogens is 370 g/mol. The van der Waals surface area contributed by atoms with Crippen LogP contribution in [0.25, 0.3) is 0 Å². The van der Waals surface area contributed by atoms with Gasteiger partial charge in [0.15, 0.2) is 0 Å². The summed E-state index contributed by atoms with van der Waals surface area (Å²) in [5, 5.41) is 10.5. The summed E-state index contributed by atoms with van der Waals surface area (Å²) in [6.07, 6.45) is -1.11. The number of rotatable bonds is 4. The number of benzene rings is 2. The molecule has 2 aromatic rings. The molecule has 0 aliphatic heterocycles. The second-order valence-electron chi connectivity index (χ2n) is 4.05. The van der Waals surface area contributed by atoms with Gasteiger partial charge in [0.25, 0.3) is 0 Å². The molecule has 0 aliphatic rings. The molecule has 0 aliphatic carbocycles. The van der Waals surface area contributed by atoms with Gasteiger partial charge in [-0.3, -0.25) is 0 Å². The zero-order chi connectivity index (χ0) is 14.7. The fourth-order valence-electron chi connectivity index (χ4n) is 1.59. The van der Waals surface area contributed by atoms with Crippen LogP contribution in [0.3, 0.4) is 0 Å². The Labute approximate surface area is 134 Å². The molecule has 2 nitrogen and oxygen atoms in total. The Morgan fingerprint density at radius 3 is 2.45 bits per heavy atom. The van der Waals surface area contributed by atoms with Gasteiger partial charge in [-0.15, -0.1) is 0 Å². The summed E-state index contributed by atoms with van der Waals surface area (Å²) in [4.78, 5) is 0. The van der Waals surface area contributed by atoms with Crippen LogP contribution in [-0.2, 0) is 0 Å². The summed E-state index contributed by atoms with van der Waals surface area (Å²) in [6, 6.07) is 9.70. The summed E-state index contributed by atoms with van der Waals surface area (Å²) >= 11 is 14.6. The minimum atomic E-state index is -1.11. The summed E-state index contributed by atoms with van der Waals surface area (Å²) < 4.78 is 19.7. The Morgan fingerprint density at radius 2 is 1.80 bits per heavy atom. The number of hydrogen-bond acceptors (Lipinski definition) is 2. The lowest BCUT2D eigenvalue weighted by Gasteiger charge is -2.14. The van der Waals surface area contributed by atoms with E-state index in [9.17, 15) is 9.50 Å². The Kier molecular flexibility index (Phi) is 5.27. The van der Waals surface area contributed by atoms with E-state index in [1.165, 1.54) is 6.07 Å². The lowest BCUT2D eigenvalue weighted by atomic mass is 10.1. The van der Waals surface area contributed by atoms with Crippen molar-refractivity contribution in [1.82, 2.24) is 0 Å². The average Bonchev–Trinajstić information content (AvgIpc) is 2.44. The standard InChI is InChI=1S/C14H10BrCl2FO2/c15-11-6-5-10(14(18)13(11)17)12(19)7-20-9-3-1-8(16)2-4-9/h1-6,12,19H,7H2. The molecule has 0 saturated carbocycles. The normalized spacial score (nSPS) is 12.2. The lowest BCUT2D eigenvalue weighted by molar-refractivity contribution is 0.105. The zero-order valence-corrected chi connectivity index (χ0v) is 13.2. The van der Waals surface area contributed by atoms with E-state index >= 15 is 0 Å². The van der Waals surface area contributed by atoms with E-state index in [1.54, 1.807) is 30.3 Å². The van der Waals surface area contributed by atoms with Gasteiger partial charge in [-0.05, 0) is 46.3 Å². The second kappa shape index (κ2) is 6.76. The third-order valence-corrected chi connectivity index (χ3v) is 4.16. The second-order valence-corrected chi connectivity index (χ2v) is 5.71. The maximum Gasteiger partial charge on any atom is 0.148 e. The zero-order valence-electron chi connectivity index (χ0n) is 10.1. The maximum absolute atomic E-state index is 13.9. The van der Waals surface area contributed by atoms with Crippen molar-refractivity contribution in [3.63, 3.8) is 0 Å². The van der Waals surface area contributed by atoms with E-state index in [1.807, 2.05) is 0 Å². The monoisotopic (exact) mass is 378 g/mol. The van der Waals surface area contributed by atoms with Gasteiger partial charge < -0.3 is 9.84 Å². The molecular formula is C14H10BrCl2FO2. The van der Waals surface area contributed by atoms with Crippen LogP contribution in [0.5, 0.6) is 5.75 Å². The van der Waals surface area contributed by atoms with Gasteiger partial charge in [-0.2, -0.15) is 0 Å². The average molecular weight is 380 g/mol. The molecule has 1 N–H and O–H groups in total. The van der Waals surface area contributed by atoms with Crippen molar-refractivity contribution in [3.8, 4) is 5.75 Å². The van der Waals surface area contributed by atoms with E-state index in [0.717, 1.165) is 0 Å². The SMILES string of the molecule is OC(COc1ccc(Cl)cc1)c1ccc(Br)c(Cl)c1F. The highest BCUT2D eigenvalue weighted by atomic mass is 79.9. The quantitative estimate of drug-likeness (QED) is 0.756. The van der Waals surface area contributed by atoms with E-state index in [0.29, 0.717) is 15.2 Å². The van der Waals surface area contributed by atoms with Crippen molar-refractivity contribution < 1.29 is 14.2 Å². The lowest BCUT2D eigenvalue weighted by Crippen LogP contribution is -2.11. The first-order valence-corrected chi connectivity index (χ1v) is 7.23. The topological polar surface area (TPSA) is 29.5 Å². The molecule has 0 aromatic heterocycles. The van der Waals surface area contributed by atoms with Crippen LogP contribution in [0.15, 0.2) is 40.9 Å². The third kappa shape index (κ3) is 3.64. The highest BCUT2D eigenvalue weighted by molar-refractivity contribution is 9.10. The van der Waals surface area contributed by atoms with Crippen molar-refractivity contribution >= 4 is 39.1 Å². The molecule has 0 saturated heterocycles. The molecule has 1 atom stereocenters. The third-order valence-electron chi connectivity index (χ3n) is 2.65. The van der Waals surface area contributed by atoms with E-state index in [2.05, 4.69) is 15.9 Å². The smallest absolute Gasteiger partial charge is 0.148 e. The molecule has 0 amide bonds.